The van der Waals surface area contributed by atoms with Crippen LogP contribution in [0.25, 0.3) is 0 Å². The molecule has 0 aromatic rings. The van der Waals surface area contributed by atoms with Crippen LogP contribution in [0.15, 0.2) is 0 Å². The number of nitrogens with one attached hydrogen (secondary N) is 1. The van der Waals surface area contributed by atoms with E-state index in [1.165, 1.54) is 0 Å². The molecular formula is C13H26N2O3S. The Morgan fingerprint density at radius 2 is 1.95 bits per heavy atom. The van der Waals surface area contributed by atoms with Gasteiger partial charge in [0, 0.05) is 13.1 Å². The van der Waals surface area contributed by atoms with Gasteiger partial charge in [0.15, 0.2) is 0 Å². The van der Waals surface area contributed by atoms with Crippen LogP contribution in [0.2, 0.25) is 0 Å². The van der Waals surface area contributed by atoms with E-state index in [4.69, 9.17) is 4.74 Å². The van der Waals surface area contributed by atoms with Crippen molar-refractivity contribution in [1.82, 2.24) is 9.62 Å². The molecule has 2 fully saturated rings. The molecule has 1 atom stereocenters. The van der Waals surface area contributed by atoms with Crippen molar-refractivity contribution < 1.29 is 13.2 Å². The fourth-order valence-electron chi connectivity index (χ4n) is 3.06. The predicted octanol–water partition coefficient (Wildman–Crippen LogP) is 0.815. The molecule has 2 aliphatic rings. The first-order chi connectivity index (χ1) is 8.78. The van der Waals surface area contributed by atoms with E-state index in [2.05, 4.69) is 5.32 Å². The average molecular weight is 290 g/mol. The maximum atomic E-state index is 12.5. The number of piperidine rings is 1. The van der Waals surface area contributed by atoms with Crippen LogP contribution in [0.5, 0.6) is 0 Å². The normalized spacial score (nSPS) is 30.4. The van der Waals surface area contributed by atoms with Crippen LogP contribution in [0, 0.1) is 5.92 Å². The number of nitrogens with zero attached hydrogens (tertiary/aromatic N) is 1. The van der Waals surface area contributed by atoms with Gasteiger partial charge in [-0.2, -0.15) is 4.31 Å². The molecule has 6 heteroatoms. The molecule has 1 unspecified atom stereocenters. The van der Waals surface area contributed by atoms with E-state index in [9.17, 15) is 8.42 Å². The largest absolute Gasteiger partial charge is 0.370 e. The highest BCUT2D eigenvalue weighted by Gasteiger charge is 2.38. The molecule has 2 aliphatic heterocycles. The molecule has 1 N–H and O–H groups in total. The predicted molar refractivity (Wildman–Crippen MR) is 75.6 cm³/mol. The maximum Gasteiger partial charge on any atom is 0.214 e. The van der Waals surface area contributed by atoms with Gasteiger partial charge in [0.25, 0.3) is 0 Å². The fraction of sp³-hybridized carbons (Fsp3) is 1.00. The minimum absolute atomic E-state index is 0.0356. The van der Waals surface area contributed by atoms with Crippen LogP contribution >= 0.6 is 0 Å². The summed E-state index contributed by atoms with van der Waals surface area (Å²) in [7, 11) is -3.16. The van der Waals surface area contributed by atoms with Crippen LogP contribution in [0.1, 0.15) is 33.6 Å². The zero-order valence-corrected chi connectivity index (χ0v) is 13.0. The van der Waals surface area contributed by atoms with Crippen LogP contribution in [0.3, 0.4) is 0 Å². The van der Waals surface area contributed by atoms with Gasteiger partial charge < -0.3 is 10.1 Å². The van der Waals surface area contributed by atoms with Gasteiger partial charge in [-0.1, -0.05) is 0 Å². The summed E-state index contributed by atoms with van der Waals surface area (Å²) >= 11 is 0. The molecule has 0 bridgehead atoms. The minimum Gasteiger partial charge on any atom is -0.370 e. The Balaban J connectivity index is 2.01. The Labute approximate surface area is 116 Å². The molecule has 19 heavy (non-hydrogen) atoms. The summed E-state index contributed by atoms with van der Waals surface area (Å²) in [6.07, 6.45) is 1.89. The molecular weight excluding hydrogens is 264 g/mol. The van der Waals surface area contributed by atoms with Crippen molar-refractivity contribution in [1.29, 1.82) is 0 Å². The summed E-state index contributed by atoms with van der Waals surface area (Å²) in [6, 6.07) is 0. The summed E-state index contributed by atoms with van der Waals surface area (Å²) in [5.41, 5.74) is -0.390. The van der Waals surface area contributed by atoms with Crippen molar-refractivity contribution in [3.8, 4) is 0 Å². The first-order valence-corrected chi connectivity index (χ1v) is 8.76. The smallest absolute Gasteiger partial charge is 0.214 e. The second-order valence-electron chi connectivity index (χ2n) is 6.45. The Bertz CT molecular complexity index is 402. The average Bonchev–Trinajstić information content (AvgIpc) is 2.27. The Kier molecular flexibility index (Phi) is 4.55. The third-order valence-electron chi connectivity index (χ3n) is 3.84. The second kappa shape index (κ2) is 5.68. The number of morpholine rings is 1. The molecule has 0 spiro atoms. The van der Waals surface area contributed by atoms with Crippen molar-refractivity contribution in [2.24, 2.45) is 5.92 Å². The van der Waals surface area contributed by atoms with Gasteiger partial charge in [0.2, 0.25) is 10.0 Å². The van der Waals surface area contributed by atoms with Crippen LogP contribution in [-0.2, 0) is 14.8 Å². The summed E-state index contributed by atoms with van der Waals surface area (Å²) in [6.45, 7) is 8.66. The first kappa shape index (κ1) is 15.2. The van der Waals surface area contributed by atoms with Gasteiger partial charge in [0.05, 0.1) is 17.5 Å². The highest BCUT2D eigenvalue weighted by atomic mass is 32.2. The molecule has 2 saturated heterocycles. The molecule has 0 aromatic carbocycles. The van der Waals surface area contributed by atoms with Gasteiger partial charge >= 0.3 is 0 Å². The van der Waals surface area contributed by atoms with Crippen LogP contribution in [0.4, 0.5) is 0 Å². The van der Waals surface area contributed by atoms with Crippen molar-refractivity contribution in [3.05, 3.63) is 0 Å². The van der Waals surface area contributed by atoms with Crippen molar-refractivity contribution >= 4 is 10.0 Å². The molecule has 2 rings (SSSR count). The number of hydrogen-bond donors (Lipinski definition) is 1. The van der Waals surface area contributed by atoms with E-state index in [0.717, 1.165) is 25.9 Å². The Hall–Kier alpha value is -0.170. The maximum absolute atomic E-state index is 12.5. The number of rotatable bonds is 3. The third-order valence-corrected chi connectivity index (χ3v) is 5.79. The van der Waals surface area contributed by atoms with Gasteiger partial charge in [-0.25, -0.2) is 8.42 Å². The number of ether oxygens (including phenoxy) is 1. The van der Waals surface area contributed by atoms with Crippen LogP contribution < -0.4 is 5.32 Å². The SMILES string of the molecule is CC1CN(S(=O)(=O)CC2CCNCC2)CC(C)(C)O1. The van der Waals surface area contributed by atoms with Gasteiger partial charge in [-0.05, 0) is 52.6 Å². The molecule has 0 aromatic heterocycles. The summed E-state index contributed by atoms with van der Waals surface area (Å²) in [5, 5.41) is 3.27. The molecule has 5 nitrogen and oxygen atoms in total. The van der Waals surface area contributed by atoms with E-state index < -0.39 is 15.6 Å². The third kappa shape index (κ3) is 4.15. The van der Waals surface area contributed by atoms with Gasteiger partial charge in [0.1, 0.15) is 0 Å². The number of hydrogen-bond acceptors (Lipinski definition) is 4. The lowest BCUT2D eigenvalue weighted by Gasteiger charge is -2.41. The Morgan fingerprint density at radius 1 is 1.32 bits per heavy atom. The highest BCUT2D eigenvalue weighted by Crippen LogP contribution is 2.25. The summed E-state index contributed by atoms with van der Waals surface area (Å²) in [4.78, 5) is 0. The zero-order valence-electron chi connectivity index (χ0n) is 12.2. The van der Waals surface area contributed by atoms with E-state index in [1.807, 2.05) is 20.8 Å². The summed E-state index contributed by atoms with van der Waals surface area (Å²) < 4.78 is 32.5. The molecule has 0 amide bonds. The van der Waals surface area contributed by atoms with Crippen molar-refractivity contribution in [3.63, 3.8) is 0 Å². The lowest BCUT2D eigenvalue weighted by molar-refractivity contribution is -0.109. The highest BCUT2D eigenvalue weighted by molar-refractivity contribution is 7.89. The minimum atomic E-state index is -3.16. The molecule has 0 aliphatic carbocycles. The topological polar surface area (TPSA) is 58.6 Å². The van der Waals surface area contributed by atoms with Gasteiger partial charge in [-0.15, -0.1) is 0 Å². The van der Waals surface area contributed by atoms with E-state index in [0.29, 0.717) is 19.0 Å². The quantitative estimate of drug-likeness (QED) is 0.836. The van der Waals surface area contributed by atoms with Gasteiger partial charge in [-0.3, -0.25) is 0 Å². The molecule has 0 radical (unpaired) electrons. The summed E-state index contributed by atoms with van der Waals surface area (Å²) in [5.74, 6) is 0.588. The Morgan fingerprint density at radius 3 is 2.53 bits per heavy atom. The monoisotopic (exact) mass is 290 g/mol. The first-order valence-electron chi connectivity index (χ1n) is 7.15. The standard InChI is InChI=1S/C13H26N2O3S/c1-11-8-15(10-13(2,3)18-11)19(16,17)9-12-4-6-14-7-5-12/h11-12,14H,4-10H2,1-3H3. The van der Waals surface area contributed by atoms with E-state index >= 15 is 0 Å². The zero-order chi connectivity index (χ0) is 14.1. The second-order valence-corrected chi connectivity index (χ2v) is 8.47. The lowest BCUT2D eigenvalue weighted by atomic mass is 10.0. The van der Waals surface area contributed by atoms with Crippen molar-refractivity contribution in [2.75, 3.05) is 31.9 Å². The molecule has 0 saturated carbocycles. The fourth-order valence-corrected chi connectivity index (χ4v) is 5.14. The molecule has 112 valence electrons. The van der Waals surface area contributed by atoms with Crippen LogP contribution in [-0.4, -0.2) is 56.4 Å². The molecule has 2 heterocycles. The number of sulfonamides is 1. The van der Waals surface area contributed by atoms with E-state index in [1.54, 1.807) is 4.31 Å². The van der Waals surface area contributed by atoms with Crippen molar-refractivity contribution in [2.45, 2.75) is 45.3 Å². The lowest BCUT2D eigenvalue weighted by Crippen LogP contribution is -2.54. The van der Waals surface area contributed by atoms with E-state index in [-0.39, 0.29) is 11.9 Å².